The summed E-state index contributed by atoms with van der Waals surface area (Å²) in [6.45, 7) is 3.89. The number of sulfonamides is 1. The summed E-state index contributed by atoms with van der Waals surface area (Å²) in [7, 11) is -3.74. The van der Waals surface area contributed by atoms with Gasteiger partial charge in [0.05, 0.1) is 12.5 Å². The number of amides is 1. The Morgan fingerprint density at radius 3 is 2.67 bits per heavy atom. The maximum atomic E-state index is 13.9. The van der Waals surface area contributed by atoms with Gasteiger partial charge in [-0.1, -0.05) is 56.3 Å². The minimum absolute atomic E-state index is 0.110. The lowest BCUT2D eigenvalue weighted by atomic mass is 9.72. The van der Waals surface area contributed by atoms with Gasteiger partial charge in [-0.2, -0.15) is 0 Å². The number of benzene rings is 3. The number of carbonyl (C=O) groups excluding carboxylic acids is 1. The number of aromatic nitrogens is 3. The lowest BCUT2D eigenvalue weighted by molar-refractivity contribution is -0.124. The number of oxazole rings is 2. The van der Waals surface area contributed by atoms with E-state index in [0.717, 1.165) is 56.2 Å². The number of carbonyl (C=O) groups is 1. The number of hydrogen-bond donors (Lipinski definition) is 4. The first-order valence-corrected chi connectivity index (χ1v) is 18.1. The number of rotatable bonds is 3. The van der Waals surface area contributed by atoms with Crippen molar-refractivity contribution >= 4 is 32.5 Å². The van der Waals surface area contributed by atoms with Crippen molar-refractivity contribution in [1.29, 1.82) is 0 Å². The zero-order valence-electron chi connectivity index (χ0n) is 26.6. The molecule has 12 nitrogen and oxygen atoms in total. The van der Waals surface area contributed by atoms with E-state index in [1.54, 1.807) is 6.20 Å². The van der Waals surface area contributed by atoms with Crippen LogP contribution in [0.2, 0.25) is 0 Å². The number of para-hydroxylation sites is 1. The van der Waals surface area contributed by atoms with Gasteiger partial charge >= 0.3 is 0 Å². The van der Waals surface area contributed by atoms with Crippen LogP contribution >= 0.6 is 0 Å². The molecule has 1 unspecified atom stereocenters. The highest BCUT2D eigenvalue weighted by Gasteiger charge is 2.61. The Bertz CT molecular complexity index is 2510. The Labute approximate surface area is 280 Å². The Kier molecular flexibility index (Phi) is 5.61. The fourth-order valence-corrected chi connectivity index (χ4v) is 8.80. The van der Waals surface area contributed by atoms with Crippen LogP contribution in [0.4, 0.5) is 5.69 Å². The Hall–Kier alpha value is -5.40. The van der Waals surface area contributed by atoms with Gasteiger partial charge in [0, 0.05) is 45.0 Å². The largest absolute Gasteiger partial charge is 0.469 e. The second-order valence-electron chi connectivity index (χ2n) is 13.6. The van der Waals surface area contributed by atoms with E-state index in [2.05, 4.69) is 38.5 Å². The second kappa shape index (κ2) is 9.61. The van der Waals surface area contributed by atoms with Gasteiger partial charge < -0.3 is 29.2 Å². The standard InChI is InChI=1S/C36H30N6O6S/c1-16(2)28-34-40-30-31(48-34)36-21-8-4-7-19(18-6-5-9-23-27(18)20(14-37-23)26-15-38-33(30)46-26)29(21)41-35(36)47-25-11-10-17(12-22(25)36)13-24(32(43)39-28)42-49(3,44)45/h4-12,14-16,24,28,35,37,41-42H,13H2,1-3H3,(H,39,43)/t24-,28-,35?,36-/m0/s1. The van der Waals surface area contributed by atoms with Gasteiger partial charge in [0.15, 0.2) is 23.4 Å². The van der Waals surface area contributed by atoms with Crippen molar-refractivity contribution in [3.8, 4) is 39.8 Å². The molecular weight excluding hydrogens is 644 g/mol. The maximum absolute atomic E-state index is 13.9. The third-order valence-corrected chi connectivity index (χ3v) is 10.9. The molecule has 0 saturated heterocycles. The van der Waals surface area contributed by atoms with Gasteiger partial charge in [-0.3, -0.25) is 4.79 Å². The van der Waals surface area contributed by atoms with Crippen molar-refractivity contribution in [1.82, 2.24) is 25.0 Å². The van der Waals surface area contributed by atoms with E-state index < -0.39 is 39.7 Å². The summed E-state index contributed by atoms with van der Waals surface area (Å²) in [5.74, 6) is 1.49. The predicted octanol–water partition coefficient (Wildman–Crippen LogP) is 5.22. The molecule has 0 fully saturated rings. The van der Waals surface area contributed by atoms with E-state index in [0.29, 0.717) is 23.0 Å². The first-order chi connectivity index (χ1) is 23.6. The number of ether oxygens (including phenoxy) is 1. The van der Waals surface area contributed by atoms with Crippen LogP contribution in [0.1, 0.15) is 48.2 Å². The van der Waals surface area contributed by atoms with Crippen LogP contribution in [0, 0.1) is 5.92 Å². The zero-order chi connectivity index (χ0) is 33.4. The summed E-state index contributed by atoms with van der Waals surface area (Å²) in [6.07, 6.45) is 4.14. The van der Waals surface area contributed by atoms with Crippen LogP contribution in [-0.4, -0.2) is 47.8 Å². The molecule has 246 valence electrons. The molecule has 1 amide bonds. The van der Waals surface area contributed by atoms with E-state index in [4.69, 9.17) is 23.5 Å². The van der Waals surface area contributed by atoms with Crippen LogP contribution in [0.5, 0.6) is 5.75 Å². The quantitative estimate of drug-likeness (QED) is 0.197. The molecule has 0 radical (unpaired) electrons. The van der Waals surface area contributed by atoms with Crippen LogP contribution in [-0.2, 0) is 26.7 Å². The van der Waals surface area contributed by atoms with Gasteiger partial charge in [-0.15, -0.1) is 0 Å². The highest BCUT2D eigenvalue weighted by atomic mass is 32.2. The number of H-pyrrole nitrogens is 1. The topological polar surface area (TPSA) is 164 Å². The number of fused-ring (bicyclic) bond motifs is 7. The molecule has 6 aromatic rings. The summed E-state index contributed by atoms with van der Waals surface area (Å²) < 4.78 is 47.8. The second-order valence-corrected chi connectivity index (χ2v) is 15.4. The Balaban J connectivity index is 1.34. The van der Waals surface area contributed by atoms with Crippen molar-refractivity contribution in [3.63, 3.8) is 0 Å². The van der Waals surface area contributed by atoms with Gasteiger partial charge in [0.1, 0.15) is 23.2 Å². The number of nitrogens with one attached hydrogen (secondary N) is 4. The first kappa shape index (κ1) is 28.6. The minimum Gasteiger partial charge on any atom is -0.469 e. The third-order valence-electron chi connectivity index (χ3n) is 10.2. The normalized spacial score (nSPS) is 22.9. The third kappa shape index (κ3) is 3.88. The van der Waals surface area contributed by atoms with Gasteiger partial charge in [-0.25, -0.2) is 23.1 Å². The predicted molar refractivity (Wildman–Crippen MR) is 180 cm³/mol. The van der Waals surface area contributed by atoms with Crippen LogP contribution < -0.4 is 20.1 Å². The van der Waals surface area contributed by atoms with E-state index >= 15 is 0 Å². The zero-order valence-corrected chi connectivity index (χ0v) is 27.4. The number of hydrogen-bond acceptors (Lipinski definition) is 9. The SMILES string of the molecule is CC(C)[C@@H]1NC(=O)[C@@H](NS(C)(=O)=O)Cc2ccc3c(c2)[C@]24c5cccc(c5NC2O3)-c2cccc3[nH]cc(c23)-c2cnc(o2)-c2nc1oc24. The number of anilines is 1. The van der Waals surface area contributed by atoms with Crippen molar-refractivity contribution in [2.45, 2.75) is 44.0 Å². The molecule has 4 aliphatic rings. The molecule has 10 bridgehead atoms. The summed E-state index contributed by atoms with van der Waals surface area (Å²) in [6, 6.07) is 16.3. The molecule has 10 rings (SSSR count). The van der Waals surface area contributed by atoms with Crippen molar-refractivity contribution < 1.29 is 26.8 Å². The maximum Gasteiger partial charge on any atom is 0.249 e. The summed E-state index contributed by atoms with van der Waals surface area (Å²) in [5, 5.41) is 7.78. The van der Waals surface area contributed by atoms with Gasteiger partial charge in [-0.05, 0) is 35.6 Å². The smallest absolute Gasteiger partial charge is 0.249 e. The molecule has 3 aromatic heterocycles. The first-order valence-electron chi connectivity index (χ1n) is 16.2. The minimum atomic E-state index is -3.74. The molecule has 49 heavy (non-hydrogen) atoms. The van der Waals surface area contributed by atoms with Crippen molar-refractivity contribution in [2.24, 2.45) is 5.92 Å². The molecule has 0 aliphatic carbocycles. The monoisotopic (exact) mass is 674 g/mol. The van der Waals surface area contributed by atoms with Crippen molar-refractivity contribution in [2.75, 3.05) is 11.6 Å². The van der Waals surface area contributed by atoms with E-state index in [1.165, 1.54) is 0 Å². The average Bonchev–Trinajstić information content (AvgIpc) is 3.87. The molecular formula is C36H30N6O6S. The molecule has 3 aromatic carbocycles. The Morgan fingerprint density at radius 1 is 1.00 bits per heavy atom. The van der Waals surface area contributed by atoms with E-state index in [9.17, 15) is 13.2 Å². The molecule has 0 saturated carbocycles. The Morgan fingerprint density at radius 2 is 1.84 bits per heavy atom. The number of nitrogens with zero attached hydrogens (tertiary/aromatic N) is 2. The fourth-order valence-electron chi connectivity index (χ4n) is 8.09. The summed E-state index contributed by atoms with van der Waals surface area (Å²) >= 11 is 0. The summed E-state index contributed by atoms with van der Waals surface area (Å²) in [5.41, 5.74) is 6.48. The molecule has 13 heteroatoms. The lowest BCUT2D eigenvalue weighted by Gasteiger charge is -2.28. The molecule has 7 heterocycles. The fraction of sp³-hybridized carbons (Fsp3) is 0.250. The van der Waals surface area contributed by atoms with Crippen molar-refractivity contribution in [3.05, 3.63) is 95.3 Å². The molecule has 4 atom stereocenters. The van der Waals surface area contributed by atoms with Crippen LogP contribution in [0.25, 0.3) is 44.9 Å². The molecule has 1 spiro atoms. The highest BCUT2D eigenvalue weighted by Crippen LogP contribution is 2.61. The number of aromatic amines is 1. The van der Waals surface area contributed by atoms with E-state index in [-0.39, 0.29) is 24.1 Å². The average molecular weight is 675 g/mol. The van der Waals surface area contributed by atoms with Crippen LogP contribution in [0.3, 0.4) is 0 Å². The summed E-state index contributed by atoms with van der Waals surface area (Å²) in [4.78, 5) is 27.1. The lowest BCUT2D eigenvalue weighted by Crippen LogP contribution is -2.49. The van der Waals surface area contributed by atoms with Gasteiger partial charge in [0.2, 0.25) is 27.7 Å². The van der Waals surface area contributed by atoms with Crippen LogP contribution in [0.15, 0.2) is 75.8 Å². The van der Waals surface area contributed by atoms with Gasteiger partial charge in [0.25, 0.3) is 0 Å². The molecule has 4 aliphatic heterocycles. The highest BCUT2D eigenvalue weighted by molar-refractivity contribution is 7.88. The van der Waals surface area contributed by atoms with E-state index in [1.807, 2.05) is 56.4 Å². The molecule has 4 N–H and O–H groups in total.